The van der Waals surface area contributed by atoms with Crippen molar-refractivity contribution in [2.75, 3.05) is 19.8 Å². The Kier molecular flexibility index (Phi) is 7.92. The van der Waals surface area contributed by atoms with Gasteiger partial charge in [-0.3, -0.25) is 0 Å². The molecule has 0 bridgehead atoms. The highest BCUT2D eigenvalue weighted by Gasteiger charge is 2.36. The first-order valence-corrected chi connectivity index (χ1v) is 11.3. The minimum atomic E-state index is -1.54. The van der Waals surface area contributed by atoms with Crippen LogP contribution in [0.15, 0.2) is 23.8 Å². The quantitative estimate of drug-likeness (QED) is 0.393. The zero-order valence-electron chi connectivity index (χ0n) is 14.7. The summed E-state index contributed by atoms with van der Waals surface area (Å²) in [6.07, 6.45) is 12.5. The van der Waals surface area contributed by atoms with Gasteiger partial charge in [-0.25, -0.2) is 0 Å². The van der Waals surface area contributed by atoms with Crippen molar-refractivity contribution >= 4 is 8.32 Å². The van der Waals surface area contributed by atoms with Gasteiger partial charge in [0.25, 0.3) is 0 Å². The van der Waals surface area contributed by atoms with E-state index < -0.39 is 8.32 Å². The minimum absolute atomic E-state index is 0.324. The molecule has 1 rings (SSSR count). The van der Waals surface area contributed by atoms with Crippen molar-refractivity contribution in [1.82, 2.24) is 0 Å². The molecule has 0 aromatic heterocycles. The molecule has 3 heteroatoms. The molecule has 2 nitrogen and oxygen atoms in total. The lowest BCUT2D eigenvalue weighted by Crippen LogP contribution is -2.40. The van der Waals surface area contributed by atoms with Crippen molar-refractivity contribution < 1.29 is 9.16 Å². The van der Waals surface area contributed by atoms with E-state index in [4.69, 9.17) is 9.16 Å². The van der Waals surface area contributed by atoms with Crippen LogP contribution in [-0.2, 0) is 9.16 Å². The molecular formula is C18H34O2Si. The maximum Gasteiger partial charge on any atom is 0.191 e. The molecule has 1 aliphatic rings. The Balaban J connectivity index is 1.92. The van der Waals surface area contributed by atoms with E-state index in [1.54, 1.807) is 0 Å². The average Bonchev–Trinajstić information content (AvgIpc) is 2.88. The third-order valence-corrected chi connectivity index (χ3v) is 9.11. The molecule has 0 aliphatic heterocycles. The summed E-state index contributed by atoms with van der Waals surface area (Å²) in [7, 11) is -1.54. The molecule has 0 saturated carbocycles. The molecule has 0 N–H and O–H groups in total. The molecule has 0 atom stereocenters. The van der Waals surface area contributed by atoms with Gasteiger partial charge in [0.05, 0.1) is 6.61 Å². The van der Waals surface area contributed by atoms with Crippen LogP contribution in [0.5, 0.6) is 0 Å². The van der Waals surface area contributed by atoms with Crippen molar-refractivity contribution in [3.05, 3.63) is 23.8 Å². The van der Waals surface area contributed by atoms with Gasteiger partial charge in [0, 0.05) is 13.2 Å². The van der Waals surface area contributed by atoms with Gasteiger partial charge in [-0.2, -0.15) is 0 Å². The van der Waals surface area contributed by atoms with Gasteiger partial charge in [0.1, 0.15) is 0 Å². The van der Waals surface area contributed by atoms with Crippen molar-refractivity contribution in [2.45, 2.75) is 71.0 Å². The van der Waals surface area contributed by atoms with E-state index in [1.807, 2.05) is 0 Å². The van der Waals surface area contributed by atoms with Crippen LogP contribution < -0.4 is 0 Å². The van der Waals surface area contributed by atoms with Gasteiger partial charge in [0.15, 0.2) is 8.32 Å². The number of unbranched alkanes of at least 4 members (excludes halogenated alkanes) is 3. The standard InChI is InChI=1S/C18H34O2Si/c1-18(2,3)21(4,5)20-15-11-7-6-10-14-19-16-17-12-8-9-13-17/h8,12-13H,6-7,9-11,14-16H2,1-5H3. The summed E-state index contributed by atoms with van der Waals surface area (Å²) < 4.78 is 11.9. The lowest BCUT2D eigenvalue weighted by atomic mass is 10.2. The molecule has 122 valence electrons. The van der Waals surface area contributed by atoms with Crippen LogP contribution in [0.1, 0.15) is 52.9 Å². The molecule has 0 amide bonds. The lowest BCUT2D eigenvalue weighted by molar-refractivity contribution is 0.152. The third kappa shape index (κ3) is 7.43. The fourth-order valence-electron chi connectivity index (χ4n) is 2.01. The van der Waals surface area contributed by atoms with Gasteiger partial charge in [-0.1, -0.05) is 51.8 Å². The summed E-state index contributed by atoms with van der Waals surface area (Å²) in [5.74, 6) is 0. The van der Waals surface area contributed by atoms with E-state index in [0.29, 0.717) is 5.04 Å². The molecule has 0 aromatic rings. The molecule has 0 spiro atoms. The van der Waals surface area contributed by atoms with Gasteiger partial charge in [-0.15, -0.1) is 0 Å². The molecule has 0 saturated heterocycles. The summed E-state index contributed by atoms with van der Waals surface area (Å²) in [5, 5.41) is 0.324. The third-order valence-electron chi connectivity index (χ3n) is 4.57. The van der Waals surface area contributed by atoms with Crippen LogP contribution in [0.2, 0.25) is 18.1 Å². The van der Waals surface area contributed by atoms with E-state index in [-0.39, 0.29) is 0 Å². The van der Waals surface area contributed by atoms with Crippen LogP contribution in [0, 0.1) is 0 Å². The highest BCUT2D eigenvalue weighted by molar-refractivity contribution is 6.74. The van der Waals surface area contributed by atoms with E-state index in [2.05, 4.69) is 52.1 Å². The Bertz CT molecular complexity index is 351. The second-order valence-electron chi connectivity index (χ2n) is 7.49. The fraction of sp³-hybridized carbons (Fsp3) is 0.778. The first-order chi connectivity index (χ1) is 9.83. The number of rotatable bonds is 10. The summed E-state index contributed by atoms with van der Waals surface area (Å²) in [4.78, 5) is 0. The molecule has 21 heavy (non-hydrogen) atoms. The van der Waals surface area contributed by atoms with Gasteiger partial charge in [0.2, 0.25) is 0 Å². The Morgan fingerprint density at radius 1 is 1.05 bits per heavy atom. The van der Waals surface area contributed by atoms with Crippen LogP contribution in [0.4, 0.5) is 0 Å². The van der Waals surface area contributed by atoms with E-state index >= 15 is 0 Å². The van der Waals surface area contributed by atoms with Crippen molar-refractivity contribution in [1.29, 1.82) is 0 Å². The molecule has 1 aliphatic carbocycles. The number of hydrogen-bond donors (Lipinski definition) is 0. The largest absolute Gasteiger partial charge is 0.417 e. The second kappa shape index (κ2) is 8.91. The van der Waals surface area contributed by atoms with Gasteiger partial charge in [-0.05, 0) is 43.0 Å². The Labute approximate surface area is 132 Å². The van der Waals surface area contributed by atoms with E-state index in [0.717, 1.165) is 32.7 Å². The zero-order chi connectivity index (χ0) is 15.8. The van der Waals surface area contributed by atoms with Crippen molar-refractivity contribution in [3.63, 3.8) is 0 Å². The van der Waals surface area contributed by atoms with Gasteiger partial charge < -0.3 is 9.16 Å². The van der Waals surface area contributed by atoms with E-state index in [1.165, 1.54) is 24.8 Å². The maximum atomic E-state index is 6.18. The van der Waals surface area contributed by atoms with Crippen LogP contribution in [0.3, 0.4) is 0 Å². The lowest BCUT2D eigenvalue weighted by Gasteiger charge is -2.36. The highest BCUT2D eigenvalue weighted by atomic mass is 28.4. The molecule has 0 aromatic carbocycles. The smallest absolute Gasteiger partial charge is 0.191 e. The summed E-state index contributed by atoms with van der Waals surface area (Å²) >= 11 is 0. The number of hydrogen-bond acceptors (Lipinski definition) is 2. The number of allylic oxidation sites excluding steroid dienone is 2. The Morgan fingerprint density at radius 2 is 1.71 bits per heavy atom. The van der Waals surface area contributed by atoms with Crippen LogP contribution in [0.25, 0.3) is 0 Å². The normalized spacial score (nSPS) is 15.6. The molecule has 0 radical (unpaired) electrons. The summed E-state index contributed by atoms with van der Waals surface area (Å²) in [5.41, 5.74) is 1.33. The Morgan fingerprint density at radius 3 is 2.29 bits per heavy atom. The van der Waals surface area contributed by atoms with Gasteiger partial charge >= 0.3 is 0 Å². The average molecular weight is 311 g/mol. The van der Waals surface area contributed by atoms with Crippen LogP contribution >= 0.6 is 0 Å². The minimum Gasteiger partial charge on any atom is -0.417 e. The molecule has 0 heterocycles. The van der Waals surface area contributed by atoms with E-state index in [9.17, 15) is 0 Å². The maximum absolute atomic E-state index is 6.18. The summed E-state index contributed by atoms with van der Waals surface area (Å²) in [6, 6.07) is 0. The SMILES string of the molecule is CC(C)(C)[Si](C)(C)OCCCCCCOCC1=CCC=C1. The first-order valence-electron chi connectivity index (χ1n) is 8.40. The molecular weight excluding hydrogens is 276 g/mol. The zero-order valence-corrected chi connectivity index (χ0v) is 15.7. The first kappa shape index (κ1) is 18.7. The monoisotopic (exact) mass is 310 g/mol. The molecule has 0 unspecified atom stereocenters. The highest BCUT2D eigenvalue weighted by Crippen LogP contribution is 2.36. The number of ether oxygens (including phenoxy) is 1. The predicted octanol–water partition coefficient (Wildman–Crippen LogP) is 5.47. The Hall–Kier alpha value is -0.383. The summed E-state index contributed by atoms with van der Waals surface area (Å²) in [6.45, 7) is 14.1. The van der Waals surface area contributed by atoms with Crippen molar-refractivity contribution in [2.24, 2.45) is 0 Å². The fourth-order valence-corrected chi connectivity index (χ4v) is 3.10. The second-order valence-corrected chi connectivity index (χ2v) is 12.3. The van der Waals surface area contributed by atoms with Crippen LogP contribution in [-0.4, -0.2) is 28.1 Å². The van der Waals surface area contributed by atoms with Crippen molar-refractivity contribution in [3.8, 4) is 0 Å². The molecule has 0 fully saturated rings. The predicted molar refractivity (Wildman–Crippen MR) is 94.3 cm³/mol. The topological polar surface area (TPSA) is 18.5 Å².